The van der Waals surface area contributed by atoms with Crippen LogP contribution in [0.5, 0.6) is 0 Å². The van der Waals surface area contributed by atoms with Gasteiger partial charge in [-0.15, -0.1) is 0 Å². The third-order valence-corrected chi connectivity index (χ3v) is 6.69. The Balaban J connectivity index is 1.31. The molecule has 1 fully saturated rings. The maximum Gasteiger partial charge on any atom is 0.351 e. The normalized spacial score (nSPS) is 19.0. The number of hydrogen-bond donors (Lipinski definition) is 1. The number of hydrogen-bond acceptors (Lipinski definition) is 7. The number of carbonyl (C=O) groups excluding carboxylic acids is 2. The Bertz CT molecular complexity index is 1270. The zero-order valence-electron chi connectivity index (χ0n) is 20.1. The smallest absolute Gasteiger partial charge is 0.351 e. The van der Waals surface area contributed by atoms with Crippen molar-refractivity contribution in [3.8, 4) is 0 Å². The van der Waals surface area contributed by atoms with Crippen molar-refractivity contribution in [2.75, 3.05) is 11.9 Å². The van der Waals surface area contributed by atoms with Crippen LogP contribution in [-0.2, 0) is 31.4 Å². The summed E-state index contributed by atoms with van der Waals surface area (Å²) in [6, 6.07) is 18.2. The molecule has 194 valence electrons. The van der Waals surface area contributed by atoms with Crippen LogP contribution in [0.1, 0.15) is 40.6 Å². The van der Waals surface area contributed by atoms with Crippen molar-refractivity contribution in [1.29, 1.82) is 0 Å². The number of rotatable bonds is 11. The lowest BCUT2D eigenvalue weighted by Crippen LogP contribution is -2.28. The van der Waals surface area contributed by atoms with Crippen LogP contribution in [0.25, 0.3) is 0 Å². The van der Waals surface area contributed by atoms with E-state index in [4.69, 9.17) is 13.8 Å². The number of carbonyl (C=O) groups is 2. The number of Topliss-reactive ketones (excluding diaryl/α,β-unsaturated/α-hetero) is 1. The van der Waals surface area contributed by atoms with Gasteiger partial charge in [-0.05, 0) is 35.7 Å². The average Bonchev–Trinajstić information content (AvgIpc) is 3.31. The first-order chi connectivity index (χ1) is 18.0. The number of amides is 1. The molecular formula is C26H29N3O6P2. The van der Waals surface area contributed by atoms with Crippen molar-refractivity contribution in [1.82, 2.24) is 9.55 Å². The molecule has 1 saturated heterocycles. The van der Waals surface area contributed by atoms with Crippen LogP contribution in [0, 0.1) is 0 Å². The minimum atomic E-state index is -0.549. The Morgan fingerprint density at radius 2 is 1.81 bits per heavy atom. The topological polar surface area (TPSA) is 109 Å². The molecule has 4 rings (SSSR count). The van der Waals surface area contributed by atoms with Crippen LogP contribution in [0.15, 0.2) is 71.7 Å². The van der Waals surface area contributed by atoms with Gasteiger partial charge in [0.15, 0.2) is 0 Å². The summed E-state index contributed by atoms with van der Waals surface area (Å²) in [7, 11) is 4.38. The molecule has 37 heavy (non-hydrogen) atoms. The van der Waals surface area contributed by atoms with Crippen molar-refractivity contribution >= 4 is 36.4 Å². The lowest BCUT2D eigenvalue weighted by Gasteiger charge is -2.16. The number of anilines is 1. The highest BCUT2D eigenvalue weighted by Gasteiger charge is 2.37. The maximum atomic E-state index is 12.7. The molecule has 2 unspecified atom stereocenters. The minimum absolute atomic E-state index is 0.142. The zero-order chi connectivity index (χ0) is 26.2. The summed E-state index contributed by atoms with van der Waals surface area (Å²) in [5.41, 5.74) is 1.84. The number of nitrogens with one attached hydrogen (secondary N) is 1. The largest absolute Gasteiger partial charge is 0.363 e. The number of aromatic nitrogens is 2. The Labute approximate surface area is 219 Å². The summed E-state index contributed by atoms with van der Waals surface area (Å²) in [5, 5.41) is 2.65. The second kappa shape index (κ2) is 13.1. The monoisotopic (exact) mass is 541 g/mol. The molecule has 1 N–H and O–H groups in total. The maximum absolute atomic E-state index is 12.7. The standard InChI is InChI=1S/C26H29N3O6P2/c30-20(14-18-4-2-1-3-5-18)11-8-17-6-9-19(10-7-17)25(31)27-23-12-13-29(26(32)28-23)24-15-21(35-37)22(34-24)16-33-36/h1-7,9-10,12-13,21-22,24H,8,11,14-16,36-37H2,(H,27,28,31,32)/t21-,22-,24-/m1/s1. The van der Waals surface area contributed by atoms with Gasteiger partial charge < -0.3 is 19.1 Å². The summed E-state index contributed by atoms with van der Waals surface area (Å²) < 4.78 is 17.7. The number of ketones is 1. The molecule has 3 aromatic rings. The van der Waals surface area contributed by atoms with Gasteiger partial charge in [-0.3, -0.25) is 14.2 Å². The molecule has 1 aliphatic rings. The van der Waals surface area contributed by atoms with Crippen LogP contribution in [0.2, 0.25) is 0 Å². The van der Waals surface area contributed by atoms with E-state index in [1.54, 1.807) is 18.2 Å². The summed E-state index contributed by atoms with van der Waals surface area (Å²) in [5.74, 6) is -0.0761. The second-order valence-corrected chi connectivity index (χ2v) is 9.33. The summed E-state index contributed by atoms with van der Waals surface area (Å²) in [6.07, 6.45) is 2.33. The van der Waals surface area contributed by atoms with E-state index in [0.29, 0.717) is 37.9 Å². The van der Waals surface area contributed by atoms with E-state index in [2.05, 4.69) is 29.2 Å². The third kappa shape index (κ3) is 7.37. The van der Waals surface area contributed by atoms with Crippen LogP contribution in [0.3, 0.4) is 0 Å². The van der Waals surface area contributed by atoms with Gasteiger partial charge in [-0.2, -0.15) is 4.98 Å². The van der Waals surface area contributed by atoms with Crippen LogP contribution >= 0.6 is 18.9 Å². The number of benzene rings is 2. The number of ether oxygens (including phenoxy) is 1. The van der Waals surface area contributed by atoms with Crippen molar-refractivity contribution < 1.29 is 23.4 Å². The first-order valence-corrected chi connectivity index (χ1v) is 12.8. The fourth-order valence-corrected chi connectivity index (χ4v) is 4.64. The average molecular weight is 541 g/mol. The van der Waals surface area contributed by atoms with Crippen molar-refractivity contribution in [2.24, 2.45) is 0 Å². The first-order valence-electron chi connectivity index (χ1n) is 11.8. The molecule has 1 amide bonds. The quantitative estimate of drug-likeness (QED) is 0.370. The SMILES string of the molecule is O=C(CCc1ccc(C(=O)Nc2ccn([C@H]3C[C@@H](OP)[C@@H](COP)O3)c(=O)n2)cc1)Cc1ccccc1. The fraction of sp³-hybridized carbons (Fsp3) is 0.308. The van der Waals surface area contributed by atoms with Gasteiger partial charge in [-0.1, -0.05) is 42.5 Å². The first kappa shape index (κ1) is 27.2. The van der Waals surface area contributed by atoms with E-state index in [9.17, 15) is 14.4 Å². The van der Waals surface area contributed by atoms with Gasteiger partial charge in [0.25, 0.3) is 5.91 Å². The van der Waals surface area contributed by atoms with Gasteiger partial charge in [0.2, 0.25) is 0 Å². The molecule has 2 aromatic carbocycles. The van der Waals surface area contributed by atoms with Crippen molar-refractivity contribution in [3.05, 3.63) is 94.0 Å². The van der Waals surface area contributed by atoms with Gasteiger partial charge in [0.05, 0.1) is 12.7 Å². The summed E-state index contributed by atoms with van der Waals surface area (Å²) in [4.78, 5) is 41.5. The molecule has 0 radical (unpaired) electrons. The minimum Gasteiger partial charge on any atom is -0.363 e. The predicted octanol–water partition coefficient (Wildman–Crippen LogP) is 3.51. The summed E-state index contributed by atoms with van der Waals surface area (Å²) in [6.45, 7) is 0.305. The van der Waals surface area contributed by atoms with Crippen molar-refractivity contribution in [2.45, 2.75) is 44.1 Å². The van der Waals surface area contributed by atoms with Gasteiger partial charge in [0, 0.05) is 50.0 Å². The number of aryl methyl sites for hydroxylation is 1. The molecule has 11 heteroatoms. The van der Waals surface area contributed by atoms with Gasteiger partial charge in [-0.25, -0.2) is 4.79 Å². The molecule has 1 aromatic heterocycles. The van der Waals surface area contributed by atoms with E-state index >= 15 is 0 Å². The second-order valence-electron chi connectivity index (χ2n) is 8.73. The molecule has 1 aliphatic heterocycles. The molecule has 2 heterocycles. The lowest BCUT2D eigenvalue weighted by atomic mass is 10.0. The summed E-state index contributed by atoms with van der Waals surface area (Å²) >= 11 is 0. The number of nitrogens with zero attached hydrogens (tertiary/aromatic N) is 2. The van der Waals surface area contributed by atoms with E-state index in [-0.39, 0.29) is 29.7 Å². The zero-order valence-corrected chi connectivity index (χ0v) is 22.4. The Hall–Kier alpha value is -2.80. The lowest BCUT2D eigenvalue weighted by molar-refractivity contribution is -0.118. The Kier molecular flexibility index (Phi) is 9.67. The van der Waals surface area contributed by atoms with E-state index in [1.165, 1.54) is 10.8 Å². The highest BCUT2D eigenvalue weighted by molar-refractivity contribution is 7.10. The molecule has 0 spiro atoms. The van der Waals surface area contributed by atoms with Crippen LogP contribution in [0.4, 0.5) is 5.82 Å². The molecule has 0 bridgehead atoms. The van der Waals surface area contributed by atoms with E-state index in [0.717, 1.165) is 11.1 Å². The fourth-order valence-electron chi connectivity index (χ4n) is 4.17. The van der Waals surface area contributed by atoms with Crippen molar-refractivity contribution in [3.63, 3.8) is 0 Å². The molecule has 5 atom stereocenters. The predicted molar refractivity (Wildman–Crippen MR) is 145 cm³/mol. The Morgan fingerprint density at radius 1 is 1.05 bits per heavy atom. The van der Waals surface area contributed by atoms with Crippen LogP contribution in [-0.4, -0.2) is 40.1 Å². The molecule has 9 nitrogen and oxygen atoms in total. The highest BCUT2D eigenvalue weighted by Crippen LogP contribution is 2.31. The van der Waals surface area contributed by atoms with E-state index < -0.39 is 11.9 Å². The van der Waals surface area contributed by atoms with Gasteiger partial charge >= 0.3 is 5.69 Å². The van der Waals surface area contributed by atoms with E-state index in [1.807, 2.05) is 42.5 Å². The molecule has 0 saturated carbocycles. The third-order valence-electron chi connectivity index (χ3n) is 6.15. The molecular weight excluding hydrogens is 512 g/mol. The molecule has 0 aliphatic carbocycles. The van der Waals surface area contributed by atoms with Gasteiger partial charge in [0.1, 0.15) is 23.9 Å². The Morgan fingerprint density at radius 3 is 2.49 bits per heavy atom. The van der Waals surface area contributed by atoms with Crippen LogP contribution < -0.4 is 11.0 Å². The highest BCUT2D eigenvalue weighted by atomic mass is 31.0.